The van der Waals surface area contributed by atoms with Crippen molar-refractivity contribution in [2.45, 2.75) is 20.4 Å². The van der Waals surface area contributed by atoms with E-state index in [0.717, 1.165) is 11.5 Å². The molecule has 15 heavy (non-hydrogen) atoms. The van der Waals surface area contributed by atoms with Crippen LogP contribution in [0.5, 0.6) is 0 Å². The number of aryl methyl sites for hydroxylation is 2. The van der Waals surface area contributed by atoms with Crippen molar-refractivity contribution in [1.82, 2.24) is 19.7 Å². The summed E-state index contributed by atoms with van der Waals surface area (Å²) in [4.78, 5) is 4.33. The zero-order valence-electron chi connectivity index (χ0n) is 8.69. The van der Waals surface area contributed by atoms with Gasteiger partial charge in [0, 0.05) is 6.20 Å². The highest BCUT2D eigenvalue weighted by atomic mass is 32.1. The first kappa shape index (κ1) is 10.0. The molecule has 78 valence electrons. The molecule has 0 aliphatic rings. The molecule has 0 aliphatic heterocycles. The average Bonchev–Trinajstić information content (AvgIpc) is 2.53. The van der Waals surface area contributed by atoms with Crippen LogP contribution >= 0.6 is 12.2 Å². The van der Waals surface area contributed by atoms with Crippen molar-refractivity contribution in [2.24, 2.45) is 0 Å². The van der Waals surface area contributed by atoms with Crippen LogP contribution in [0.4, 0.5) is 0 Å². The van der Waals surface area contributed by atoms with Gasteiger partial charge >= 0.3 is 0 Å². The van der Waals surface area contributed by atoms with Crippen molar-refractivity contribution in [3.63, 3.8) is 0 Å². The third kappa shape index (κ3) is 1.97. The van der Waals surface area contributed by atoms with E-state index in [1.807, 2.05) is 30.5 Å². The number of nitrogens with one attached hydrogen (secondary N) is 1. The summed E-state index contributed by atoms with van der Waals surface area (Å²) in [6.07, 6.45) is 1.79. The molecule has 0 aliphatic carbocycles. The van der Waals surface area contributed by atoms with Gasteiger partial charge in [0.2, 0.25) is 0 Å². The molecule has 0 saturated heterocycles. The SMILES string of the molecule is Cc1cccnc1Cn1c(C)n[nH]c1=S. The predicted molar refractivity (Wildman–Crippen MR) is 60.2 cm³/mol. The Morgan fingerprint density at radius 1 is 1.47 bits per heavy atom. The van der Waals surface area contributed by atoms with E-state index in [0.29, 0.717) is 11.3 Å². The van der Waals surface area contributed by atoms with Crippen LogP contribution in [-0.4, -0.2) is 19.7 Å². The number of hydrogen-bond acceptors (Lipinski definition) is 3. The van der Waals surface area contributed by atoms with Gasteiger partial charge in [-0.2, -0.15) is 5.10 Å². The minimum atomic E-state index is 0.637. The molecular weight excluding hydrogens is 208 g/mol. The highest BCUT2D eigenvalue weighted by Crippen LogP contribution is 2.07. The number of aromatic amines is 1. The second-order valence-corrected chi connectivity index (χ2v) is 3.82. The number of rotatable bonds is 2. The lowest BCUT2D eigenvalue weighted by Gasteiger charge is -2.05. The maximum atomic E-state index is 5.13. The lowest BCUT2D eigenvalue weighted by Crippen LogP contribution is -2.05. The third-order valence-electron chi connectivity index (χ3n) is 2.37. The Morgan fingerprint density at radius 3 is 2.87 bits per heavy atom. The summed E-state index contributed by atoms with van der Waals surface area (Å²) in [6.45, 7) is 4.64. The Balaban J connectivity index is 2.38. The average molecular weight is 220 g/mol. The highest BCUT2D eigenvalue weighted by molar-refractivity contribution is 7.71. The smallest absolute Gasteiger partial charge is 0.195 e. The van der Waals surface area contributed by atoms with Crippen molar-refractivity contribution in [2.75, 3.05) is 0 Å². The van der Waals surface area contributed by atoms with E-state index < -0.39 is 0 Å². The third-order valence-corrected chi connectivity index (χ3v) is 2.69. The normalized spacial score (nSPS) is 10.5. The number of pyridine rings is 1. The number of aromatic nitrogens is 4. The number of nitrogens with zero attached hydrogens (tertiary/aromatic N) is 3. The van der Waals surface area contributed by atoms with Gasteiger partial charge in [0.25, 0.3) is 0 Å². The van der Waals surface area contributed by atoms with Crippen molar-refractivity contribution >= 4 is 12.2 Å². The first-order valence-corrected chi connectivity index (χ1v) is 5.11. The molecule has 1 N–H and O–H groups in total. The van der Waals surface area contributed by atoms with Gasteiger partial charge in [-0.25, -0.2) is 0 Å². The summed E-state index contributed by atoms with van der Waals surface area (Å²) in [6, 6.07) is 3.97. The van der Waals surface area contributed by atoms with Crippen LogP contribution in [0.3, 0.4) is 0 Å². The minimum Gasteiger partial charge on any atom is -0.298 e. The predicted octanol–water partition coefficient (Wildman–Crippen LogP) is 2.00. The quantitative estimate of drug-likeness (QED) is 0.787. The number of hydrogen-bond donors (Lipinski definition) is 1. The molecule has 0 radical (unpaired) electrons. The standard InChI is InChI=1S/C10H12N4S/c1-7-4-3-5-11-9(7)6-14-8(2)12-13-10(14)15/h3-5H,6H2,1-2H3,(H,13,15). The second kappa shape index (κ2) is 3.94. The monoisotopic (exact) mass is 220 g/mol. The molecule has 4 nitrogen and oxygen atoms in total. The van der Waals surface area contributed by atoms with Gasteiger partial charge < -0.3 is 0 Å². The maximum absolute atomic E-state index is 5.13. The van der Waals surface area contributed by atoms with E-state index in [1.165, 1.54) is 5.56 Å². The molecule has 0 amide bonds. The molecule has 2 rings (SSSR count). The Labute approximate surface area is 93.0 Å². The van der Waals surface area contributed by atoms with Gasteiger partial charge in [-0.15, -0.1) is 0 Å². The first-order chi connectivity index (χ1) is 7.18. The molecule has 0 saturated carbocycles. The van der Waals surface area contributed by atoms with Gasteiger partial charge in [-0.3, -0.25) is 14.6 Å². The highest BCUT2D eigenvalue weighted by Gasteiger charge is 2.04. The molecule has 5 heteroatoms. The van der Waals surface area contributed by atoms with Crippen molar-refractivity contribution in [3.8, 4) is 0 Å². The fourth-order valence-electron chi connectivity index (χ4n) is 1.42. The summed E-state index contributed by atoms with van der Waals surface area (Å²) in [7, 11) is 0. The lowest BCUT2D eigenvalue weighted by atomic mass is 10.2. The van der Waals surface area contributed by atoms with E-state index in [-0.39, 0.29) is 0 Å². The fraction of sp³-hybridized carbons (Fsp3) is 0.300. The minimum absolute atomic E-state index is 0.637. The summed E-state index contributed by atoms with van der Waals surface area (Å²) in [5, 5.41) is 6.82. The van der Waals surface area contributed by atoms with Crippen LogP contribution < -0.4 is 0 Å². The van der Waals surface area contributed by atoms with Gasteiger partial charge in [0.15, 0.2) is 4.77 Å². The molecule has 0 atom stereocenters. The van der Waals surface area contributed by atoms with E-state index in [2.05, 4.69) is 15.2 Å². The van der Waals surface area contributed by atoms with Crippen LogP contribution in [0.25, 0.3) is 0 Å². The van der Waals surface area contributed by atoms with E-state index in [4.69, 9.17) is 12.2 Å². The molecule has 2 aromatic heterocycles. The van der Waals surface area contributed by atoms with Crippen LogP contribution in [0, 0.1) is 18.6 Å². The first-order valence-electron chi connectivity index (χ1n) is 4.71. The zero-order chi connectivity index (χ0) is 10.8. The Hall–Kier alpha value is -1.49. The topological polar surface area (TPSA) is 46.5 Å². The van der Waals surface area contributed by atoms with E-state index in [1.54, 1.807) is 6.20 Å². The molecule has 2 aromatic rings. The summed E-state index contributed by atoms with van der Waals surface area (Å²) >= 11 is 5.13. The lowest BCUT2D eigenvalue weighted by molar-refractivity contribution is 0.727. The van der Waals surface area contributed by atoms with Crippen molar-refractivity contribution in [1.29, 1.82) is 0 Å². The maximum Gasteiger partial charge on any atom is 0.195 e. The Morgan fingerprint density at radius 2 is 2.27 bits per heavy atom. The van der Waals surface area contributed by atoms with Gasteiger partial charge in [0.1, 0.15) is 5.82 Å². The Bertz CT molecular complexity index is 526. The Kier molecular flexibility index (Phi) is 2.64. The van der Waals surface area contributed by atoms with Crippen LogP contribution in [0.2, 0.25) is 0 Å². The largest absolute Gasteiger partial charge is 0.298 e. The summed E-state index contributed by atoms with van der Waals surface area (Å²) < 4.78 is 2.57. The molecule has 0 bridgehead atoms. The number of H-pyrrole nitrogens is 1. The second-order valence-electron chi connectivity index (χ2n) is 3.43. The van der Waals surface area contributed by atoms with Crippen molar-refractivity contribution in [3.05, 3.63) is 40.2 Å². The molecule has 0 fully saturated rings. The summed E-state index contributed by atoms with van der Waals surface area (Å²) in [5.41, 5.74) is 2.19. The van der Waals surface area contributed by atoms with E-state index >= 15 is 0 Å². The molecule has 0 aromatic carbocycles. The fourth-order valence-corrected chi connectivity index (χ4v) is 1.66. The molecule has 2 heterocycles. The van der Waals surface area contributed by atoms with E-state index in [9.17, 15) is 0 Å². The zero-order valence-corrected chi connectivity index (χ0v) is 9.51. The van der Waals surface area contributed by atoms with Crippen LogP contribution in [0.1, 0.15) is 17.1 Å². The van der Waals surface area contributed by atoms with Gasteiger partial charge in [-0.1, -0.05) is 6.07 Å². The van der Waals surface area contributed by atoms with Crippen molar-refractivity contribution < 1.29 is 0 Å². The van der Waals surface area contributed by atoms with Crippen LogP contribution in [0.15, 0.2) is 18.3 Å². The molecule has 0 unspecified atom stereocenters. The van der Waals surface area contributed by atoms with Crippen LogP contribution in [-0.2, 0) is 6.54 Å². The molecular formula is C10H12N4S. The summed E-state index contributed by atoms with van der Waals surface area (Å²) in [5.74, 6) is 0.880. The molecule has 0 spiro atoms. The van der Waals surface area contributed by atoms with Gasteiger partial charge in [-0.05, 0) is 37.7 Å². The van der Waals surface area contributed by atoms with Gasteiger partial charge in [0.05, 0.1) is 12.2 Å².